The zero-order valence-electron chi connectivity index (χ0n) is 12.8. The first-order valence-corrected chi connectivity index (χ1v) is 9.61. The third-order valence-corrected chi connectivity index (χ3v) is 3.80. The van der Waals surface area contributed by atoms with Crippen LogP contribution in [-0.2, 0) is 20.2 Å². The number of aromatic nitrogens is 2. The lowest BCUT2D eigenvalue weighted by Gasteiger charge is -2.22. The van der Waals surface area contributed by atoms with Gasteiger partial charge in [-0.2, -0.15) is 0 Å². The summed E-state index contributed by atoms with van der Waals surface area (Å²) in [5, 5.41) is 0. The molecule has 10 heteroatoms. The Morgan fingerprint density at radius 1 is 1.23 bits per heavy atom. The van der Waals surface area contributed by atoms with Gasteiger partial charge in [0.25, 0.3) is 0 Å². The predicted molar refractivity (Wildman–Crippen MR) is 92.7 cm³/mol. The van der Waals surface area contributed by atoms with Crippen LogP contribution in [0.1, 0.15) is 31.2 Å². The van der Waals surface area contributed by atoms with E-state index < -0.39 is 13.8 Å². The highest BCUT2D eigenvalue weighted by atomic mass is 35.6. The lowest BCUT2D eigenvalue weighted by atomic mass is 10.1. The van der Waals surface area contributed by atoms with Gasteiger partial charge in [0.05, 0.1) is 6.26 Å². The molecule has 0 amide bonds. The van der Waals surface area contributed by atoms with E-state index in [4.69, 9.17) is 34.8 Å². The fourth-order valence-corrected chi connectivity index (χ4v) is 2.59. The van der Waals surface area contributed by atoms with E-state index in [1.54, 1.807) is 19.0 Å². The summed E-state index contributed by atoms with van der Waals surface area (Å²) in [6.45, 7) is 2.04. The Labute approximate surface area is 146 Å². The van der Waals surface area contributed by atoms with Crippen molar-refractivity contribution in [1.29, 1.82) is 0 Å². The van der Waals surface area contributed by atoms with Gasteiger partial charge in [0.2, 0.25) is 13.8 Å². The Bertz CT molecular complexity index is 630. The summed E-state index contributed by atoms with van der Waals surface area (Å²) in [5.74, 6) is 0.597. The number of rotatable bonds is 6. The van der Waals surface area contributed by atoms with Crippen LogP contribution in [0.25, 0.3) is 0 Å². The van der Waals surface area contributed by atoms with E-state index >= 15 is 0 Å². The third kappa shape index (κ3) is 5.61. The molecule has 1 aromatic rings. The van der Waals surface area contributed by atoms with Gasteiger partial charge in [-0.3, -0.25) is 4.72 Å². The number of halogens is 3. The third-order valence-electron chi connectivity index (χ3n) is 2.72. The van der Waals surface area contributed by atoms with Gasteiger partial charge in [0.15, 0.2) is 5.82 Å². The first-order chi connectivity index (χ1) is 9.95. The minimum atomic E-state index is -3.52. The van der Waals surface area contributed by atoms with E-state index in [9.17, 15) is 8.42 Å². The topological polar surface area (TPSA) is 75.2 Å². The fourth-order valence-electron chi connectivity index (χ4n) is 1.81. The van der Waals surface area contributed by atoms with E-state index in [1.807, 2.05) is 6.92 Å². The highest BCUT2D eigenvalue weighted by Gasteiger charge is 2.30. The second-order valence-corrected chi connectivity index (χ2v) is 9.10. The van der Waals surface area contributed by atoms with Crippen LogP contribution in [0.3, 0.4) is 0 Å². The molecule has 0 aromatic carbocycles. The molecule has 0 unspecified atom stereocenters. The summed E-state index contributed by atoms with van der Waals surface area (Å²) < 4.78 is 23.7. The van der Waals surface area contributed by atoms with E-state index in [1.165, 1.54) is 0 Å². The SMILES string of the molecule is CCCCc1c(NS(C)(=O)=O)nc(C(Cl)(Cl)Cl)nc1N(C)C. The summed E-state index contributed by atoms with van der Waals surface area (Å²) in [4.78, 5) is 10.1. The summed E-state index contributed by atoms with van der Waals surface area (Å²) in [6, 6.07) is 0. The molecule has 1 N–H and O–H groups in total. The molecule has 22 heavy (non-hydrogen) atoms. The van der Waals surface area contributed by atoms with Crippen LogP contribution < -0.4 is 9.62 Å². The van der Waals surface area contributed by atoms with E-state index in [2.05, 4.69) is 14.7 Å². The second-order valence-electron chi connectivity index (χ2n) is 5.07. The van der Waals surface area contributed by atoms with Crippen molar-refractivity contribution < 1.29 is 8.42 Å². The maximum absolute atomic E-state index is 11.6. The lowest BCUT2D eigenvalue weighted by molar-refractivity contribution is 0.606. The first-order valence-electron chi connectivity index (χ1n) is 6.59. The van der Waals surface area contributed by atoms with Crippen LogP contribution in [-0.4, -0.2) is 38.7 Å². The molecule has 1 heterocycles. The molecule has 126 valence electrons. The van der Waals surface area contributed by atoms with E-state index in [-0.39, 0.29) is 11.6 Å². The van der Waals surface area contributed by atoms with Crippen LogP contribution in [0.5, 0.6) is 0 Å². The van der Waals surface area contributed by atoms with E-state index in [0.717, 1.165) is 19.1 Å². The molecule has 0 fully saturated rings. The van der Waals surface area contributed by atoms with Gasteiger partial charge in [0.1, 0.15) is 11.6 Å². The van der Waals surface area contributed by atoms with Crippen molar-refractivity contribution in [2.75, 3.05) is 30.0 Å². The average Bonchev–Trinajstić information content (AvgIpc) is 2.33. The van der Waals surface area contributed by atoms with Gasteiger partial charge >= 0.3 is 0 Å². The van der Waals surface area contributed by atoms with Crippen LogP contribution in [0.2, 0.25) is 0 Å². The predicted octanol–water partition coefficient (Wildman–Crippen LogP) is 3.08. The Morgan fingerprint density at radius 2 is 1.82 bits per heavy atom. The number of hydrogen-bond acceptors (Lipinski definition) is 5. The Balaban J connectivity index is 3.54. The van der Waals surface area contributed by atoms with E-state index in [0.29, 0.717) is 17.8 Å². The zero-order valence-corrected chi connectivity index (χ0v) is 15.9. The molecule has 0 atom stereocenters. The van der Waals surface area contributed by atoms with Crippen LogP contribution in [0, 0.1) is 0 Å². The molecule has 0 bridgehead atoms. The van der Waals surface area contributed by atoms with Gasteiger partial charge in [-0.1, -0.05) is 48.1 Å². The van der Waals surface area contributed by atoms with Crippen molar-refractivity contribution in [3.63, 3.8) is 0 Å². The molecule has 0 saturated heterocycles. The van der Waals surface area contributed by atoms with Crippen molar-refractivity contribution in [2.45, 2.75) is 30.0 Å². The lowest BCUT2D eigenvalue weighted by Crippen LogP contribution is -2.22. The summed E-state index contributed by atoms with van der Waals surface area (Å²) in [6.07, 6.45) is 3.46. The fraction of sp³-hybridized carbons (Fsp3) is 0.667. The molecule has 1 rings (SSSR count). The number of nitrogens with zero attached hydrogens (tertiary/aromatic N) is 3. The van der Waals surface area contributed by atoms with Gasteiger partial charge < -0.3 is 4.90 Å². The molecule has 0 spiro atoms. The van der Waals surface area contributed by atoms with Crippen LogP contribution in [0.4, 0.5) is 11.6 Å². The summed E-state index contributed by atoms with van der Waals surface area (Å²) in [5.41, 5.74) is 0.676. The number of hydrogen-bond donors (Lipinski definition) is 1. The maximum Gasteiger partial charge on any atom is 0.250 e. The van der Waals surface area contributed by atoms with Crippen LogP contribution in [0.15, 0.2) is 0 Å². The van der Waals surface area contributed by atoms with Crippen molar-refractivity contribution >= 4 is 56.5 Å². The first kappa shape index (κ1) is 19.5. The Morgan fingerprint density at radius 3 is 2.23 bits per heavy atom. The highest BCUT2D eigenvalue weighted by Crippen LogP contribution is 2.38. The number of nitrogens with one attached hydrogen (secondary N) is 1. The smallest absolute Gasteiger partial charge is 0.250 e. The average molecular weight is 390 g/mol. The van der Waals surface area contributed by atoms with Crippen molar-refractivity contribution in [3.05, 3.63) is 11.4 Å². The van der Waals surface area contributed by atoms with Gasteiger partial charge in [-0.15, -0.1) is 0 Å². The maximum atomic E-state index is 11.6. The standard InChI is InChI=1S/C12H19Cl3N4O2S/c1-5-6-7-8-9(18-22(4,20)21)16-11(12(13,14)15)17-10(8)19(2)3/h5-7H2,1-4H3,(H,16,17,18). The van der Waals surface area contributed by atoms with Gasteiger partial charge in [-0.25, -0.2) is 18.4 Å². The van der Waals surface area contributed by atoms with Crippen molar-refractivity contribution in [2.24, 2.45) is 0 Å². The molecule has 0 radical (unpaired) electrons. The molecule has 6 nitrogen and oxygen atoms in total. The molecule has 0 saturated carbocycles. The minimum absolute atomic E-state index is 0.0763. The number of alkyl halides is 3. The Kier molecular flexibility index (Phi) is 6.56. The molecule has 0 aliphatic rings. The number of sulfonamides is 1. The normalized spacial score (nSPS) is 12.3. The summed E-state index contributed by atoms with van der Waals surface area (Å²) >= 11 is 17.5. The Hall–Kier alpha value is -0.500. The second kappa shape index (κ2) is 7.38. The largest absolute Gasteiger partial charge is 0.362 e. The minimum Gasteiger partial charge on any atom is -0.362 e. The van der Waals surface area contributed by atoms with Crippen LogP contribution >= 0.6 is 34.8 Å². The zero-order chi connectivity index (χ0) is 17.1. The highest BCUT2D eigenvalue weighted by molar-refractivity contribution is 7.92. The monoisotopic (exact) mass is 388 g/mol. The van der Waals surface area contributed by atoms with Crippen molar-refractivity contribution in [1.82, 2.24) is 9.97 Å². The van der Waals surface area contributed by atoms with Crippen molar-refractivity contribution in [3.8, 4) is 0 Å². The molecular weight excluding hydrogens is 371 g/mol. The van der Waals surface area contributed by atoms with Gasteiger partial charge in [0, 0.05) is 19.7 Å². The summed E-state index contributed by atoms with van der Waals surface area (Å²) in [7, 11) is 0.0463. The number of unbranched alkanes of at least 4 members (excludes halogenated alkanes) is 1. The van der Waals surface area contributed by atoms with Gasteiger partial charge in [-0.05, 0) is 12.8 Å². The molecule has 0 aliphatic heterocycles. The molecule has 0 aliphatic carbocycles. The quantitative estimate of drug-likeness (QED) is 0.757. The number of anilines is 2. The molecule has 1 aromatic heterocycles. The molecular formula is C12H19Cl3N4O2S.